The minimum Gasteiger partial charge on any atom is -0.480 e. The van der Waals surface area contributed by atoms with E-state index < -0.39 is 0 Å². The fourth-order valence-electron chi connectivity index (χ4n) is 4.89. The molecule has 136 valence electrons. The predicted octanol–water partition coefficient (Wildman–Crippen LogP) is 4.28. The first-order chi connectivity index (χ1) is 12.8. The Hall–Kier alpha value is -2.36. The summed E-state index contributed by atoms with van der Waals surface area (Å²) in [5.74, 6) is 1.60. The maximum atomic E-state index is 13.3. The molecule has 4 nitrogen and oxygen atoms in total. The van der Waals surface area contributed by atoms with Gasteiger partial charge >= 0.3 is 0 Å². The summed E-state index contributed by atoms with van der Waals surface area (Å²) in [4.78, 5) is 19.6. The second kappa shape index (κ2) is 7.48. The van der Waals surface area contributed by atoms with Crippen LogP contribution in [-0.4, -0.2) is 35.5 Å². The van der Waals surface area contributed by atoms with Crippen LogP contribution in [0.4, 0.5) is 0 Å². The molecule has 1 amide bonds. The normalized spacial score (nSPS) is 25.4. The van der Waals surface area contributed by atoms with Crippen molar-refractivity contribution in [3.8, 4) is 5.88 Å². The highest BCUT2D eigenvalue weighted by molar-refractivity contribution is 5.96. The van der Waals surface area contributed by atoms with Gasteiger partial charge in [0.2, 0.25) is 5.88 Å². The minimum atomic E-state index is 0.0679. The van der Waals surface area contributed by atoms with E-state index in [1.54, 1.807) is 13.3 Å². The first-order valence-corrected chi connectivity index (χ1v) is 9.64. The van der Waals surface area contributed by atoms with Gasteiger partial charge in [-0.15, -0.1) is 0 Å². The van der Waals surface area contributed by atoms with E-state index in [9.17, 15) is 4.79 Å². The topological polar surface area (TPSA) is 42.4 Å². The lowest BCUT2D eigenvalue weighted by molar-refractivity contribution is 0.0316. The fraction of sp³-hybridized carbons (Fsp3) is 0.455. The number of hydrogen-bond acceptors (Lipinski definition) is 3. The number of piperidine rings is 1. The molecule has 2 aliphatic rings. The van der Waals surface area contributed by atoms with Crippen LogP contribution in [0, 0.1) is 5.92 Å². The molecule has 2 fully saturated rings. The summed E-state index contributed by atoms with van der Waals surface area (Å²) < 4.78 is 5.33. The summed E-state index contributed by atoms with van der Waals surface area (Å²) in [5, 5.41) is 0. The maximum absolute atomic E-state index is 13.3. The number of ether oxygens (including phenoxy) is 1. The molecule has 1 aliphatic heterocycles. The SMILES string of the molecule is COc1ncccc1C(=O)N1CC[C@H](c2ccccc2)[C@H]2CCCC[C@H]21. The third kappa shape index (κ3) is 3.09. The van der Waals surface area contributed by atoms with Crippen LogP contribution in [0.1, 0.15) is 53.9 Å². The number of pyridine rings is 1. The van der Waals surface area contributed by atoms with Gasteiger partial charge in [-0.3, -0.25) is 4.79 Å². The smallest absolute Gasteiger partial charge is 0.259 e. The van der Waals surface area contributed by atoms with E-state index in [1.165, 1.54) is 24.8 Å². The summed E-state index contributed by atoms with van der Waals surface area (Å²) >= 11 is 0. The number of fused-ring (bicyclic) bond motifs is 1. The molecule has 3 atom stereocenters. The van der Waals surface area contributed by atoms with E-state index >= 15 is 0 Å². The zero-order valence-corrected chi connectivity index (χ0v) is 15.3. The van der Waals surface area contributed by atoms with Crippen molar-refractivity contribution in [2.45, 2.75) is 44.1 Å². The van der Waals surface area contributed by atoms with E-state index in [0.717, 1.165) is 19.4 Å². The summed E-state index contributed by atoms with van der Waals surface area (Å²) in [6, 6.07) is 14.8. The first-order valence-electron chi connectivity index (χ1n) is 9.64. The van der Waals surface area contributed by atoms with Gasteiger partial charge in [-0.25, -0.2) is 4.98 Å². The van der Waals surface area contributed by atoms with Crippen molar-refractivity contribution in [2.75, 3.05) is 13.7 Å². The quantitative estimate of drug-likeness (QED) is 0.830. The fourth-order valence-corrected chi connectivity index (χ4v) is 4.89. The van der Waals surface area contributed by atoms with Gasteiger partial charge in [0.15, 0.2) is 0 Å². The van der Waals surface area contributed by atoms with Crippen LogP contribution in [0.2, 0.25) is 0 Å². The Morgan fingerprint density at radius 2 is 1.88 bits per heavy atom. The van der Waals surface area contributed by atoms with Crippen molar-refractivity contribution in [1.82, 2.24) is 9.88 Å². The lowest BCUT2D eigenvalue weighted by Gasteiger charge is -2.48. The Morgan fingerprint density at radius 1 is 1.08 bits per heavy atom. The highest BCUT2D eigenvalue weighted by atomic mass is 16.5. The van der Waals surface area contributed by atoms with Crippen molar-refractivity contribution in [2.24, 2.45) is 5.92 Å². The number of likely N-dealkylation sites (tertiary alicyclic amines) is 1. The summed E-state index contributed by atoms with van der Waals surface area (Å²) in [6.45, 7) is 0.803. The molecule has 0 spiro atoms. The molecule has 1 aliphatic carbocycles. The molecule has 0 unspecified atom stereocenters. The minimum absolute atomic E-state index is 0.0679. The van der Waals surface area contributed by atoms with Gasteiger partial charge in [-0.1, -0.05) is 43.2 Å². The molecular formula is C22H26N2O2. The lowest BCUT2D eigenvalue weighted by Crippen LogP contribution is -2.52. The monoisotopic (exact) mass is 350 g/mol. The molecule has 1 aromatic heterocycles. The second-order valence-electron chi connectivity index (χ2n) is 7.38. The van der Waals surface area contributed by atoms with Crippen LogP contribution in [0.15, 0.2) is 48.7 Å². The van der Waals surface area contributed by atoms with Crippen molar-refractivity contribution < 1.29 is 9.53 Å². The molecule has 0 radical (unpaired) electrons. The van der Waals surface area contributed by atoms with E-state index in [4.69, 9.17) is 4.74 Å². The standard InChI is InChI=1S/C22H26N2O2/c1-26-21-19(11-7-14-23-21)22(25)24-15-13-17(16-8-3-2-4-9-16)18-10-5-6-12-20(18)24/h2-4,7-9,11,14,17-18,20H,5-6,10,12-13,15H2,1H3/t17-,18-,20-/m1/s1. The lowest BCUT2D eigenvalue weighted by atomic mass is 9.69. The van der Waals surface area contributed by atoms with Gasteiger partial charge in [-0.2, -0.15) is 0 Å². The second-order valence-corrected chi connectivity index (χ2v) is 7.38. The van der Waals surface area contributed by atoms with Crippen LogP contribution in [-0.2, 0) is 0 Å². The number of methoxy groups -OCH3 is 1. The summed E-state index contributed by atoms with van der Waals surface area (Å²) in [5.41, 5.74) is 2.01. The number of rotatable bonds is 3. The Kier molecular flexibility index (Phi) is 4.91. The molecule has 2 aromatic rings. The number of hydrogen-bond donors (Lipinski definition) is 0. The number of nitrogens with zero attached hydrogens (tertiary/aromatic N) is 2. The van der Waals surface area contributed by atoms with Crippen molar-refractivity contribution in [3.63, 3.8) is 0 Å². The van der Waals surface area contributed by atoms with Gasteiger partial charge in [0.25, 0.3) is 5.91 Å². The molecule has 1 saturated heterocycles. The number of aromatic nitrogens is 1. The summed E-state index contributed by atoms with van der Waals surface area (Å²) in [6.07, 6.45) is 7.47. The van der Waals surface area contributed by atoms with Crippen molar-refractivity contribution >= 4 is 5.91 Å². The molecule has 1 aromatic carbocycles. The first kappa shape index (κ1) is 17.1. The molecule has 2 heterocycles. The van der Waals surface area contributed by atoms with E-state index in [1.807, 2.05) is 12.1 Å². The molecule has 1 saturated carbocycles. The maximum Gasteiger partial charge on any atom is 0.259 e. The molecule has 26 heavy (non-hydrogen) atoms. The van der Waals surface area contributed by atoms with E-state index in [-0.39, 0.29) is 5.91 Å². The highest BCUT2D eigenvalue weighted by Crippen LogP contribution is 2.44. The molecular weight excluding hydrogens is 324 g/mol. The van der Waals surface area contributed by atoms with Gasteiger partial charge in [0.1, 0.15) is 5.56 Å². The van der Waals surface area contributed by atoms with Crippen LogP contribution < -0.4 is 4.74 Å². The van der Waals surface area contributed by atoms with Gasteiger partial charge < -0.3 is 9.64 Å². The van der Waals surface area contributed by atoms with E-state index in [0.29, 0.717) is 29.3 Å². The highest BCUT2D eigenvalue weighted by Gasteiger charge is 2.42. The van der Waals surface area contributed by atoms with Crippen LogP contribution in [0.5, 0.6) is 5.88 Å². The largest absolute Gasteiger partial charge is 0.480 e. The molecule has 4 rings (SSSR count). The number of amides is 1. The van der Waals surface area contributed by atoms with Crippen LogP contribution in [0.3, 0.4) is 0 Å². The number of benzene rings is 1. The summed E-state index contributed by atoms with van der Waals surface area (Å²) in [7, 11) is 1.57. The van der Waals surface area contributed by atoms with Gasteiger partial charge in [-0.05, 0) is 48.8 Å². The Morgan fingerprint density at radius 3 is 2.69 bits per heavy atom. The average Bonchev–Trinajstić information content (AvgIpc) is 2.73. The van der Waals surface area contributed by atoms with E-state index in [2.05, 4.69) is 40.2 Å². The van der Waals surface area contributed by atoms with Crippen LogP contribution in [0.25, 0.3) is 0 Å². The molecule has 0 N–H and O–H groups in total. The van der Waals surface area contributed by atoms with Gasteiger partial charge in [0.05, 0.1) is 7.11 Å². The van der Waals surface area contributed by atoms with Gasteiger partial charge in [0, 0.05) is 18.8 Å². The predicted molar refractivity (Wildman–Crippen MR) is 101 cm³/mol. The van der Waals surface area contributed by atoms with Crippen molar-refractivity contribution in [3.05, 3.63) is 59.8 Å². The zero-order valence-electron chi connectivity index (χ0n) is 15.3. The Labute approximate surface area is 155 Å². The average molecular weight is 350 g/mol. The third-order valence-electron chi connectivity index (χ3n) is 6.06. The Bertz CT molecular complexity index is 762. The van der Waals surface area contributed by atoms with Crippen molar-refractivity contribution in [1.29, 1.82) is 0 Å². The number of carbonyl (C=O) groups is 1. The molecule has 0 bridgehead atoms. The number of carbonyl (C=O) groups excluding carboxylic acids is 1. The zero-order chi connectivity index (χ0) is 17.9. The Balaban J connectivity index is 1.62. The third-order valence-corrected chi connectivity index (χ3v) is 6.06. The van der Waals surface area contributed by atoms with Crippen LogP contribution >= 0.6 is 0 Å². The molecule has 4 heteroatoms.